The van der Waals surface area contributed by atoms with Gasteiger partial charge in [0.05, 0.1) is 5.41 Å². The number of hydrogen-bond donors (Lipinski definition) is 1. The Bertz CT molecular complexity index is 504. The number of aliphatic carboxylic acids is 1. The predicted octanol–water partition coefficient (Wildman–Crippen LogP) is 2.91. The second-order valence-corrected chi connectivity index (χ2v) is 6.12. The third-order valence-electron chi connectivity index (χ3n) is 4.27. The Labute approximate surface area is 115 Å². The molecule has 3 heteroatoms. The van der Waals surface area contributed by atoms with Gasteiger partial charge in [0.2, 0.25) is 0 Å². The average Bonchev–Trinajstić information content (AvgIpc) is 3.06. The molecule has 0 bridgehead atoms. The summed E-state index contributed by atoms with van der Waals surface area (Å²) in [6.45, 7) is 7.84. The molecular formula is C16H23NO2. The minimum atomic E-state index is -0.642. The van der Waals surface area contributed by atoms with Crippen molar-refractivity contribution in [1.82, 2.24) is 4.90 Å². The van der Waals surface area contributed by atoms with Crippen LogP contribution >= 0.6 is 0 Å². The van der Waals surface area contributed by atoms with Crippen molar-refractivity contribution in [1.29, 1.82) is 0 Å². The first-order valence-corrected chi connectivity index (χ1v) is 6.83. The molecule has 0 heterocycles. The summed E-state index contributed by atoms with van der Waals surface area (Å²) in [5, 5.41) is 9.23. The van der Waals surface area contributed by atoms with Crippen molar-refractivity contribution in [2.75, 3.05) is 13.6 Å². The van der Waals surface area contributed by atoms with Crippen molar-refractivity contribution in [3.05, 3.63) is 34.4 Å². The minimum absolute atomic E-state index is 0.470. The van der Waals surface area contributed by atoms with Crippen molar-refractivity contribution < 1.29 is 9.90 Å². The number of nitrogens with zero attached hydrogens (tertiary/aromatic N) is 1. The number of carboxylic acid groups (broad SMARTS) is 1. The maximum Gasteiger partial charge on any atom is 0.310 e. The fourth-order valence-electron chi connectivity index (χ4n) is 2.64. The van der Waals surface area contributed by atoms with Gasteiger partial charge in [-0.1, -0.05) is 12.1 Å². The van der Waals surface area contributed by atoms with Crippen LogP contribution in [-0.2, 0) is 11.3 Å². The van der Waals surface area contributed by atoms with E-state index in [0.29, 0.717) is 6.54 Å². The second-order valence-electron chi connectivity index (χ2n) is 6.12. The van der Waals surface area contributed by atoms with E-state index in [0.717, 1.165) is 19.4 Å². The van der Waals surface area contributed by atoms with Crippen molar-refractivity contribution in [2.45, 2.75) is 40.2 Å². The van der Waals surface area contributed by atoms with Gasteiger partial charge >= 0.3 is 5.97 Å². The zero-order valence-electron chi connectivity index (χ0n) is 12.3. The fourth-order valence-corrected chi connectivity index (χ4v) is 2.64. The highest BCUT2D eigenvalue weighted by atomic mass is 16.4. The Kier molecular flexibility index (Phi) is 3.68. The number of aryl methyl sites for hydroxylation is 3. The molecule has 1 aliphatic carbocycles. The normalized spacial score (nSPS) is 16.7. The summed E-state index contributed by atoms with van der Waals surface area (Å²) in [7, 11) is 2.01. The van der Waals surface area contributed by atoms with Crippen LogP contribution in [0.2, 0.25) is 0 Å². The van der Waals surface area contributed by atoms with Gasteiger partial charge in [-0.15, -0.1) is 0 Å². The fraction of sp³-hybridized carbons (Fsp3) is 0.562. The summed E-state index contributed by atoms with van der Waals surface area (Å²) in [4.78, 5) is 13.3. The Morgan fingerprint density at radius 2 is 1.79 bits per heavy atom. The molecule has 1 aromatic carbocycles. The van der Waals surface area contributed by atoms with Crippen LogP contribution in [0.4, 0.5) is 0 Å². The zero-order chi connectivity index (χ0) is 14.2. The van der Waals surface area contributed by atoms with Gasteiger partial charge in [0.15, 0.2) is 0 Å². The van der Waals surface area contributed by atoms with E-state index in [1.54, 1.807) is 0 Å². The Hall–Kier alpha value is -1.35. The van der Waals surface area contributed by atoms with Gasteiger partial charge in [-0.05, 0) is 62.9 Å². The summed E-state index contributed by atoms with van der Waals surface area (Å²) in [5.41, 5.74) is 4.73. The van der Waals surface area contributed by atoms with Crippen LogP contribution in [0.1, 0.15) is 35.1 Å². The van der Waals surface area contributed by atoms with Crippen LogP contribution in [-0.4, -0.2) is 29.6 Å². The molecule has 0 radical (unpaired) electrons. The number of rotatable bonds is 5. The third-order valence-corrected chi connectivity index (χ3v) is 4.27. The minimum Gasteiger partial charge on any atom is -0.481 e. The standard InChI is InChI=1S/C16H23NO2/c1-11-7-13(3)14(8-12(11)2)9-17(4)10-16(5-6-16)15(18)19/h7-8H,5-6,9-10H2,1-4H3,(H,18,19). The molecule has 0 saturated heterocycles. The van der Waals surface area contributed by atoms with Crippen molar-refractivity contribution in [3.8, 4) is 0 Å². The summed E-state index contributed by atoms with van der Waals surface area (Å²) in [6.07, 6.45) is 1.64. The van der Waals surface area contributed by atoms with E-state index < -0.39 is 11.4 Å². The van der Waals surface area contributed by atoms with Crippen LogP contribution in [0.25, 0.3) is 0 Å². The van der Waals surface area contributed by atoms with E-state index in [2.05, 4.69) is 37.8 Å². The summed E-state index contributed by atoms with van der Waals surface area (Å²) in [6, 6.07) is 4.43. The molecule has 1 aromatic rings. The molecule has 0 atom stereocenters. The van der Waals surface area contributed by atoms with Gasteiger partial charge in [-0.3, -0.25) is 4.79 Å². The zero-order valence-corrected chi connectivity index (χ0v) is 12.3. The molecule has 0 aromatic heterocycles. The van der Waals surface area contributed by atoms with Gasteiger partial charge in [0, 0.05) is 13.1 Å². The number of hydrogen-bond acceptors (Lipinski definition) is 2. The van der Waals surface area contributed by atoms with Crippen LogP contribution in [0.5, 0.6) is 0 Å². The molecule has 3 nitrogen and oxygen atoms in total. The quantitative estimate of drug-likeness (QED) is 0.886. The Balaban J connectivity index is 2.05. The molecule has 19 heavy (non-hydrogen) atoms. The second kappa shape index (κ2) is 4.97. The SMILES string of the molecule is Cc1cc(C)c(CN(C)CC2(C(=O)O)CC2)cc1C. The van der Waals surface area contributed by atoms with Gasteiger partial charge in [-0.25, -0.2) is 0 Å². The molecule has 0 amide bonds. The molecule has 0 unspecified atom stereocenters. The lowest BCUT2D eigenvalue weighted by molar-refractivity contribution is -0.144. The lowest BCUT2D eigenvalue weighted by atomic mass is 10.00. The van der Waals surface area contributed by atoms with E-state index in [9.17, 15) is 9.90 Å². The highest BCUT2D eigenvalue weighted by Crippen LogP contribution is 2.46. The first kappa shape index (κ1) is 14.1. The van der Waals surface area contributed by atoms with E-state index in [4.69, 9.17) is 0 Å². The van der Waals surface area contributed by atoms with Crippen LogP contribution in [0.15, 0.2) is 12.1 Å². The van der Waals surface area contributed by atoms with Gasteiger partial charge in [-0.2, -0.15) is 0 Å². The Morgan fingerprint density at radius 3 is 2.32 bits per heavy atom. The average molecular weight is 261 g/mol. The van der Waals surface area contributed by atoms with Gasteiger partial charge in [0.1, 0.15) is 0 Å². The van der Waals surface area contributed by atoms with E-state index in [-0.39, 0.29) is 0 Å². The maximum atomic E-state index is 11.2. The van der Waals surface area contributed by atoms with Crippen LogP contribution in [0, 0.1) is 26.2 Å². The number of carbonyl (C=O) groups is 1. The maximum absolute atomic E-state index is 11.2. The molecule has 2 rings (SSSR count). The topological polar surface area (TPSA) is 40.5 Å². The highest BCUT2D eigenvalue weighted by Gasteiger charge is 2.50. The van der Waals surface area contributed by atoms with Crippen LogP contribution < -0.4 is 0 Å². The summed E-state index contributed by atoms with van der Waals surface area (Å²) in [5.74, 6) is -0.642. The van der Waals surface area contributed by atoms with Crippen molar-refractivity contribution in [2.24, 2.45) is 5.41 Å². The summed E-state index contributed by atoms with van der Waals surface area (Å²) < 4.78 is 0. The molecule has 1 saturated carbocycles. The number of benzene rings is 1. The van der Waals surface area contributed by atoms with Gasteiger partial charge < -0.3 is 10.0 Å². The molecule has 1 fully saturated rings. The van der Waals surface area contributed by atoms with Gasteiger partial charge in [0.25, 0.3) is 0 Å². The van der Waals surface area contributed by atoms with E-state index in [1.807, 2.05) is 7.05 Å². The van der Waals surface area contributed by atoms with Crippen molar-refractivity contribution >= 4 is 5.97 Å². The third kappa shape index (κ3) is 2.98. The molecule has 0 aliphatic heterocycles. The van der Waals surface area contributed by atoms with E-state index >= 15 is 0 Å². The molecular weight excluding hydrogens is 238 g/mol. The van der Waals surface area contributed by atoms with E-state index in [1.165, 1.54) is 22.3 Å². The summed E-state index contributed by atoms with van der Waals surface area (Å²) >= 11 is 0. The van der Waals surface area contributed by atoms with Crippen LogP contribution in [0.3, 0.4) is 0 Å². The predicted molar refractivity (Wildman–Crippen MR) is 76.3 cm³/mol. The Morgan fingerprint density at radius 1 is 1.21 bits per heavy atom. The van der Waals surface area contributed by atoms with Crippen molar-refractivity contribution in [3.63, 3.8) is 0 Å². The molecule has 0 spiro atoms. The molecule has 1 N–H and O–H groups in total. The number of carboxylic acids is 1. The highest BCUT2D eigenvalue weighted by molar-refractivity contribution is 5.78. The first-order chi connectivity index (χ1) is 8.84. The smallest absolute Gasteiger partial charge is 0.310 e. The molecule has 104 valence electrons. The monoisotopic (exact) mass is 261 g/mol. The lowest BCUT2D eigenvalue weighted by Gasteiger charge is -2.22. The molecule has 1 aliphatic rings. The lowest BCUT2D eigenvalue weighted by Crippen LogP contribution is -2.31. The largest absolute Gasteiger partial charge is 0.481 e. The first-order valence-electron chi connectivity index (χ1n) is 6.83.